The van der Waals surface area contributed by atoms with Crippen molar-refractivity contribution in [2.24, 2.45) is 28.2 Å². The standard InChI is InChI=1S/C23H21BrN4O5.C14H12Br2N4O2.C9H10O3/c1-4-32-21(30)15-8-6-10-17(12-15)33-22-25-19-18(20(29)27(3)23(31)26(19)2)28(22)13-14-7-5-9-16(24)11-14;1-18-11-10(12(21)19(2)14(18)22)20(13(16)17-11)7-8-4-3-5-9(15)6-8;1-2-12-9(11)7-4-3-5-8(10)6-7/h5-12H,4,13H2,1-3H3;3-6H,7H2,1-2H3;3-6,10H,2H2,1H3. The normalized spacial score (nSPS) is 10.8. The van der Waals surface area contributed by atoms with Gasteiger partial charge >= 0.3 is 29.3 Å². The van der Waals surface area contributed by atoms with Gasteiger partial charge in [0.2, 0.25) is 0 Å². The van der Waals surface area contributed by atoms with Crippen LogP contribution in [0.2, 0.25) is 0 Å². The smallest absolute Gasteiger partial charge is 0.338 e. The number of ether oxygens (including phenoxy) is 3. The Morgan fingerprint density at radius 1 is 0.582 bits per heavy atom. The molecular weight excluding hydrogens is 1060 g/mol. The van der Waals surface area contributed by atoms with Gasteiger partial charge in [0.05, 0.1) is 37.4 Å². The van der Waals surface area contributed by atoms with E-state index in [4.69, 9.17) is 19.3 Å². The summed E-state index contributed by atoms with van der Waals surface area (Å²) in [6.07, 6.45) is 0. The molecule has 0 spiro atoms. The van der Waals surface area contributed by atoms with Crippen molar-refractivity contribution in [1.29, 1.82) is 0 Å². The van der Waals surface area contributed by atoms with Crippen LogP contribution in [0.15, 0.2) is 130 Å². The highest BCUT2D eigenvalue weighted by atomic mass is 79.9. The summed E-state index contributed by atoms with van der Waals surface area (Å²) < 4.78 is 26.4. The number of hydrogen-bond donors (Lipinski definition) is 1. The molecule has 348 valence electrons. The van der Waals surface area contributed by atoms with Gasteiger partial charge in [-0.1, -0.05) is 68.3 Å². The highest BCUT2D eigenvalue weighted by molar-refractivity contribution is 9.11. The molecule has 0 aliphatic heterocycles. The number of halogens is 3. The second-order valence-electron chi connectivity index (χ2n) is 14.6. The lowest BCUT2D eigenvalue weighted by Crippen LogP contribution is -2.37. The number of carbonyl (C=O) groups excluding carboxylic acids is 2. The first-order chi connectivity index (χ1) is 31.9. The molecule has 0 atom stereocenters. The van der Waals surface area contributed by atoms with Crippen molar-refractivity contribution in [1.82, 2.24) is 37.4 Å². The van der Waals surface area contributed by atoms with Gasteiger partial charge in [-0.05, 0) is 102 Å². The summed E-state index contributed by atoms with van der Waals surface area (Å²) >= 11 is 10.3. The third-order valence-corrected chi connectivity index (χ3v) is 11.6. The number of fused-ring (bicyclic) bond motifs is 2. The van der Waals surface area contributed by atoms with Gasteiger partial charge in [-0.25, -0.2) is 24.2 Å². The van der Waals surface area contributed by atoms with E-state index in [0.717, 1.165) is 29.2 Å². The summed E-state index contributed by atoms with van der Waals surface area (Å²) in [7, 11) is 6.04. The molecular formula is C46H43Br3N8O10. The van der Waals surface area contributed by atoms with E-state index in [9.17, 15) is 28.8 Å². The number of imidazole rings is 2. The SMILES string of the molecule is CCOC(=O)c1cccc(O)c1.CCOC(=O)c1cccc(Oc2nc3c(c(=O)n(C)c(=O)n3C)n2Cc2cccc(Br)c2)c1.Cn1c(=O)c2c(nc(Br)n2Cc2cccc(Br)c2)n(C)c1=O. The number of rotatable bonds is 10. The first kappa shape index (κ1) is 49.6. The van der Waals surface area contributed by atoms with Crippen molar-refractivity contribution >= 4 is 82.1 Å². The van der Waals surface area contributed by atoms with Crippen LogP contribution in [0.25, 0.3) is 22.3 Å². The predicted octanol–water partition coefficient (Wildman–Crippen LogP) is 6.79. The van der Waals surface area contributed by atoms with E-state index in [1.165, 1.54) is 41.4 Å². The van der Waals surface area contributed by atoms with Crippen LogP contribution < -0.4 is 27.2 Å². The van der Waals surface area contributed by atoms with Gasteiger partial charge in [-0.3, -0.25) is 32.4 Å². The summed E-state index contributed by atoms with van der Waals surface area (Å²) in [5, 5.41) is 9.02. The van der Waals surface area contributed by atoms with Gasteiger partial charge < -0.3 is 23.9 Å². The molecule has 0 saturated carbocycles. The molecule has 21 heteroatoms. The summed E-state index contributed by atoms with van der Waals surface area (Å²) in [5.74, 6) is -0.469. The number of aromatic hydroxyl groups is 1. The number of aryl methyl sites for hydroxylation is 2. The predicted molar refractivity (Wildman–Crippen MR) is 261 cm³/mol. The van der Waals surface area contributed by atoms with E-state index < -0.39 is 28.9 Å². The van der Waals surface area contributed by atoms with Crippen LogP contribution in [0.4, 0.5) is 0 Å². The van der Waals surface area contributed by atoms with Gasteiger partial charge in [-0.2, -0.15) is 4.98 Å². The van der Waals surface area contributed by atoms with E-state index in [1.54, 1.807) is 67.4 Å². The third-order valence-electron chi connectivity index (χ3n) is 9.99. The van der Waals surface area contributed by atoms with Crippen molar-refractivity contribution in [2.75, 3.05) is 13.2 Å². The van der Waals surface area contributed by atoms with Crippen molar-refractivity contribution in [3.63, 3.8) is 0 Å². The Labute approximate surface area is 406 Å². The van der Waals surface area contributed by atoms with Crippen LogP contribution in [0.3, 0.4) is 0 Å². The van der Waals surface area contributed by atoms with Crippen LogP contribution >= 0.6 is 47.8 Å². The number of benzene rings is 4. The highest BCUT2D eigenvalue weighted by Crippen LogP contribution is 2.27. The first-order valence-corrected chi connectivity index (χ1v) is 22.7. The van der Waals surface area contributed by atoms with E-state index in [1.807, 2.05) is 48.5 Å². The minimum absolute atomic E-state index is 0.0700. The highest BCUT2D eigenvalue weighted by Gasteiger charge is 2.22. The Balaban J connectivity index is 0.000000186. The molecule has 0 aliphatic rings. The lowest BCUT2D eigenvalue weighted by molar-refractivity contribution is 0.0516. The zero-order valence-corrected chi connectivity index (χ0v) is 41.7. The minimum atomic E-state index is -0.490. The molecule has 0 amide bonds. The maximum Gasteiger partial charge on any atom is 0.338 e. The quantitative estimate of drug-likeness (QED) is 0.111. The number of phenols is 1. The number of carbonyl (C=O) groups is 2. The van der Waals surface area contributed by atoms with E-state index in [2.05, 4.69) is 57.8 Å². The number of esters is 2. The van der Waals surface area contributed by atoms with Gasteiger partial charge in [0.25, 0.3) is 11.1 Å². The maximum atomic E-state index is 13.0. The van der Waals surface area contributed by atoms with Crippen LogP contribution in [0, 0.1) is 0 Å². The number of nitrogens with zero attached hydrogens (tertiary/aromatic N) is 8. The fourth-order valence-electron chi connectivity index (χ4n) is 6.70. The topological polar surface area (TPSA) is 206 Å². The number of aromatic nitrogens is 8. The van der Waals surface area contributed by atoms with Crippen LogP contribution in [0.1, 0.15) is 45.7 Å². The fraction of sp³-hybridized carbons (Fsp3) is 0.217. The molecule has 67 heavy (non-hydrogen) atoms. The molecule has 0 aliphatic carbocycles. The minimum Gasteiger partial charge on any atom is -0.508 e. The van der Waals surface area contributed by atoms with Crippen molar-refractivity contribution in [3.05, 3.63) is 175 Å². The largest absolute Gasteiger partial charge is 0.508 e. The summed E-state index contributed by atoms with van der Waals surface area (Å²) in [4.78, 5) is 81.8. The summed E-state index contributed by atoms with van der Waals surface area (Å²) in [6, 6.07) is 28.1. The molecule has 8 aromatic rings. The van der Waals surface area contributed by atoms with Crippen LogP contribution in [-0.4, -0.2) is 67.6 Å². The molecule has 0 radical (unpaired) electrons. The molecule has 4 heterocycles. The summed E-state index contributed by atoms with van der Waals surface area (Å²) in [5.41, 5.74) is 2.10. The van der Waals surface area contributed by atoms with Gasteiger partial charge in [0.1, 0.15) is 11.5 Å². The Morgan fingerprint density at radius 3 is 1.55 bits per heavy atom. The zero-order valence-electron chi connectivity index (χ0n) is 36.9. The third kappa shape index (κ3) is 11.2. The maximum absolute atomic E-state index is 13.0. The second-order valence-corrected chi connectivity index (χ2v) is 17.1. The number of phenolic OH excluding ortho intramolecular Hbond substituents is 1. The van der Waals surface area contributed by atoms with Crippen molar-refractivity contribution in [2.45, 2.75) is 26.9 Å². The van der Waals surface area contributed by atoms with Gasteiger partial charge in [0, 0.05) is 37.1 Å². The number of hydrogen-bond acceptors (Lipinski definition) is 12. The molecule has 0 fully saturated rings. The Morgan fingerprint density at radius 2 is 1.04 bits per heavy atom. The molecule has 4 aromatic carbocycles. The van der Waals surface area contributed by atoms with E-state index >= 15 is 0 Å². The average molecular weight is 1110 g/mol. The van der Waals surface area contributed by atoms with Gasteiger partial charge in [0.15, 0.2) is 27.1 Å². The zero-order chi connectivity index (χ0) is 48.7. The average Bonchev–Trinajstić information content (AvgIpc) is 3.83. The van der Waals surface area contributed by atoms with Crippen LogP contribution in [0.5, 0.6) is 17.5 Å². The Hall–Kier alpha value is -6.84. The molecule has 18 nitrogen and oxygen atoms in total. The Bertz CT molecular complexity index is 3410. The molecule has 0 saturated heterocycles. The van der Waals surface area contributed by atoms with Crippen LogP contribution in [-0.2, 0) is 50.8 Å². The molecule has 0 bridgehead atoms. The molecule has 8 rings (SSSR count). The summed E-state index contributed by atoms with van der Waals surface area (Å²) in [6.45, 7) is 4.81. The monoisotopic (exact) mass is 1100 g/mol. The second kappa shape index (κ2) is 21.6. The molecule has 4 aromatic heterocycles. The van der Waals surface area contributed by atoms with E-state index in [0.29, 0.717) is 45.9 Å². The lowest BCUT2D eigenvalue weighted by atomic mass is 10.2. The Kier molecular flexibility index (Phi) is 16.0. The van der Waals surface area contributed by atoms with Crippen molar-refractivity contribution in [3.8, 4) is 17.5 Å². The van der Waals surface area contributed by atoms with E-state index in [-0.39, 0.29) is 41.6 Å². The molecule has 0 unspecified atom stereocenters. The lowest BCUT2D eigenvalue weighted by Gasteiger charge is -2.11. The van der Waals surface area contributed by atoms with Gasteiger partial charge in [-0.15, -0.1) is 0 Å². The molecule has 1 N–H and O–H groups in total. The van der Waals surface area contributed by atoms with Crippen molar-refractivity contribution < 1.29 is 28.9 Å². The first-order valence-electron chi connectivity index (χ1n) is 20.3. The fourth-order valence-corrected chi connectivity index (χ4v) is 8.07.